The monoisotopic (exact) mass is 274 g/mol. The third-order valence-electron chi connectivity index (χ3n) is 1.90. The van der Waals surface area contributed by atoms with Gasteiger partial charge in [-0.3, -0.25) is 0 Å². The summed E-state index contributed by atoms with van der Waals surface area (Å²) in [4.78, 5) is 0. The van der Waals surface area contributed by atoms with Gasteiger partial charge >= 0.3 is 0 Å². The van der Waals surface area contributed by atoms with Gasteiger partial charge in [0.25, 0.3) is 0 Å². The Labute approximate surface area is 92.0 Å². The fraction of sp³-hybridized carbons (Fsp3) is 0. The van der Waals surface area contributed by atoms with Gasteiger partial charge in [-0.2, -0.15) is 0 Å². The van der Waals surface area contributed by atoms with E-state index in [1.807, 2.05) is 0 Å². The summed E-state index contributed by atoms with van der Waals surface area (Å²) in [5.74, 6) is -1.82. The van der Waals surface area contributed by atoms with Crippen molar-refractivity contribution < 1.29 is 13.3 Å². The van der Waals surface area contributed by atoms with Gasteiger partial charge in [0, 0.05) is 10.0 Å². The second-order valence-electron chi connectivity index (χ2n) is 2.85. The van der Waals surface area contributed by atoms with Crippen molar-refractivity contribution in [3.63, 3.8) is 0 Å². The molecule has 0 aliphatic carbocycles. The van der Waals surface area contributed by atoms with Crippen molar-refractivity contribution in [3.05, 3.63) is 34.4 Å². The number of benzene rings is 1. The molecule has 0 bridgehead atoms. The van der Waals surface area contributed by atoms with Gasteiger partial charge in [0.15, 0.2) is 11.6 Å². The van der Waals surface area contributed by atoms with Crippen LogP contribution in [-0.4, -0.2) is 5.16 Å². The van der Waals surface area contributed by atoms with E-state index in [4.69, 9.17) is 5.73 Å². The Balaban J connectivity index is 2.64. The number of rotatable bonds is 1. The third kappa shape index (κ3) is 1.72. The van der Waals surface area contributed by atoms with Gasteiger partial charge in [-0.05, 0) is 12.1 Å². The van der Waals surface area contributed by atoms with Crippen LogP contribution >= 0.6 is 15.9 Å². The van der Waals surface area contributed by atoms with Crippen molar-refractivity contribution in [2.75, 3.05) is 5.73 Å². The van der Waals surface area contributed by atoms with Gasteiger partial charge in [-0.1, -0.05) is 21.1 Å². The van der Waals surface area contributed by atoms with E-state index in [9.17, 15) is 8.78 Å². The number of hydrogen-bond donors (Lipinski definition) is 1. The minimum absolute atomic E-state index is 0.0571. The molecular weight excluding hydrogens is 270 g/mol. The van der Waals surface area contributed by atoms with Crippen LogP contribution in [0.3, 0.4) is 0 Å². The number of hydrogen-bond acceptors (Lipinski definition) is 3. The maximum Gasteiger partial charge on any atom is 0.229 e. The van der Waals surface area contributed by atoms with Gasteiger partial charge < -0.3 is 10.3 Å². The molecule has 0 saturated heterocycles. The van der Waals surface area contributed by atoms with Crippen molar-refractivity contribution in [1.29, 1.82) is 0 Å². The number of anilines is 1. The van der Waals surface area contributed by atoms with Crippen LogP contribution in [0.1, 0.15) is 0 Å². The highest BCUT2D eigenvalue weighted by Gasteiger charge is 2.14. The molecular formula is C9H5BrF2N2O. The fourth-order valence-electron chi connectivity index (χ4n) is 1.18. The van der Waals surface area contributed by atoms with Crippen molar-refractivity contribution in [1.82, 2.24) is 5.16 Å². The van der Waals surface area contributed by atoms with Crippen molar-refractivity contribution in [2.45, 2.75) is 0 Å². The molecule has 78 valence electrons. The van der Waals surface area contributed by atoms with Crippen molar-refractivity contribution in [2.24, 2.45) is 0 Å². The zero-order valence-corrected chi connectivity index (χ0v) is 8.88. The lowest BCUT2D eigenvalue weighted by Gasteiger charge is -2.02. The van der Waals surface area contributed by atoms with Gasteiger partial charge in [-0.15, -0.1) is 0 Å². The first-order valence-corrected chi connectivity index (χ1v) is 4.74. The van der Waals surface area contributed by atoms with Crippen LogP contribution in [0.5, 0.6) is 0 Å². The van der Waals surface area contributed by atoms with E-state index in [2.05, 4.69) is 25.6 Å². The van der Waals surface area contributed by atoms with Gasteiger partial charge in [0.05, 0.1) is 11.8 Å². The summed E-state index contributed by atoms with van der Waals surface area (Å²) in [5, 5.41) is 3.45. The Hall–Kier alpha value is -1.43. The molecule has 0 amide bonds. The molecule has 1 aromatic carbocycles. The van der Waals surface area contributed by atoms with Crippen LogP contribution in [0.4, 0.5) is 14.7 Å². The van der Waals surface area contributed by atoms with Crippen LogP contribution < -0.4 is 5.73 Å². The third-order valence-corrected chi connectivity index (χ3v) is 2.55. The van der Waals surface area contributed by atoms with E-state index >= 15 is 0 Å². The molecule has 0 unspecified atom stereocenters. The summed E-state index contributed by atoms with van der Waals surface area (Å²) >= 11 is 3.11. The fourth-order valence-corrected chi connectivity index (χ4v) is 1.71. The van der Waals surface area contributed by atoms with Gasteiger partial charge in [0.1, 0.15) is 0 Å². The van der Waals surface area contributed by atoms with E-state index in [0.29, 0.717) is 15.6 Å². The van der Waals surface area contributed by atoms with Gasteiger partial charge in [0.2, 0.25) is 5.88 Å². The summed E-state index contributed by atoms with van der Waals surface area (Å²) < 4.78 is 30.8. The largest absolute Gasteiger partial charge is 0.367 e. The normalized spacial score (nSPS) is 10.6. The molecule has 0 fully saturated rings. The maximum absolute atomic E-state index is 13.0. The molecule has 0 radical (unpaired) electrons. The Bertz CT molecular complexity index is 513. The SMILES string of the molecule is Nc1oncc1-c1cc(F)c(F)cc1Br. The molecule has 1 aromatic heterocycles. The van der Waals surface area contributed by atoms with Crippen LogP contribution in [0, 0.1) is 11.6 Å². The van der Waals surface area contributed by atoms with Crippen LogP contribution in [0.15, 0.2) is 27.3 Å². The van der Waals surface area contributed by atoms with Crippen molar-refractivity contribution >= 4 is 21.8 Å². The summed E-state index contributed by atoms with van der Waals surface area (Å²) in [6.07, 6.45) is 1.34. The number of nitrogen functional groups attached to an aromatic ring is 1. The predicted octanol–water partition coefficient (Wildman–Crippen LogP) is 2.96. The predicted molar refractivity (Wildman–Crippen MR) is 54.0 cm³/mol. The van der Waals surface area contributed by atoms with Crippen LogP contribution in [0.25, 0.3) is 11.1 Å². The summed E-state index contributed by atoms with van der Waals surface area (Å²) in [6.45, 7) is 0. The lowest BCUT2D eigenvalue weighted by Crippen LogP contribution is -1.90. The summed E-state index contributed by atoms with van der Waals surface area (Å²) in [6, 6.07) is 2.05. The van der Waals surface area contributed by atoms with Crippen molar-refractivity contribution in [3.8, 4) is 11.1 Å². The average molecular weight is 275 g/mol. The molecule has 15 heavy (non-hydrogen) atoms. The second kappa shape index (κ2) is 3.62. The molecule has 0 aliphatic heterocycles. The Morgan fingerprint density at radius 2 is 1.87 bits per heavy atom. The summed E-state index contributed by atoms with van der Waals surface area (Å²) in [5.41, 5.74) is 6.28. The second-order valence-corrected chi connectivity index (χ2v) is 3.70. The molecule has 0 spiro atoms. The molecule has 2 rings (SSSR count). The van der Waals surface area contributed by atoms with E-state index in [0.717, 1.165) is 12.1 Å². The molecule has 0 aliphatic rings. The van der Waals surface area contributed by atoms with E-state index in [-0.39, 0.29) is 5.88 Å². The van der Waals surface area contributed by atoms with E-state index < -0.39 is 11.6 Å². The highest BCUT2D eigenvalue weighted by atomic mass is 79.9. The number of nitrogens with two attached hydrogens (primary N) is 1. The summed E-state index contributed by atoms with van der Waals surface area (Å²) in [7, 11) is 0. The number of halogens is 3. The van der Waals surface area contributed by atoms with E-state index in [1.165, 1.54) is 6.20 Å². The Morgan fingerprint density at radius 1 is 1.20 bits per heavy atom. The Kier molecular flexibility index (Phi) is 2.44. The molecule has 0 saturated carbocycles. The standard InChI is InChI=1S/C9H5BrF2N2O/c10-6-2-8(12)7(11)1-4(6)5-3-14-15-9(5)13/h1-3H,13H2. The maximum atomic E-state index is 13.0. The smallest absolute Gasteiger partial charge is 0.229 e. The lowest BCUT2D eigenvalue weighted by molar-refractivity contribution is 0.436. The first kappa shape index (κ1) is 10.1. The molecule has 1 heterocycles. The number of aromatic nitrogens is 1. The zero-order valence-electron chi connectivity index (χ0n) is 7.30. The minimum Gasteiger partial charge on any atom is -0.367 e. The van der Waals surface area contributed by atoms with E-state index in [1.54, 1.807) is 0 Å². The highest BCUT2D eigenvalue weighted by Crippen LogP contribution is 2.33. The minimum atomic E-state index is -0.950. The van der Waals surface area contributed by atoms with Crippen LogP contribution in [0.2, 0.25) is 0 Å². The molecule has 3 nitrogen and oxygen atoms in total. The molecule has 2 aromatic rings. The quantitative estimate of drug-likeness (QED) is 0.814. The number of nitrogens with zero attached hydrogens (tertiary/aromatic N) is 1. The van der Waals surface area contributed by atoms with Gasteiger partial charge in [-0.25, -0.2) is 8.78 Å². The average Bonchev–Trinajstić information content (AvgIpc) is 2.58. The molecule has 6 heteroatoms. The molecule has 2 N–H and O–H groups in total. The first-order valence-electron chi connectivity index (χ1n) is 3.94. The topological polar surface area (TPSA) is 52.0 Å². The Morgan fingerprint density at radius 3 is 2.47 bits per heavy atom. The molecule has 0 atom stereocenters. The lowest BCUT2D eigenvalue weighted by atomic mass is 10.1. The first-order chi connectivity index (χ1) is 7.09. The highest BCUT2D eigenvalue weighted by molar-refractivity contribution is 9.10. The zero-order chi connectivity index (χ0) is 11.0. The van der Waals surface area contributed by atoms with Crippen LogP contribution in [-0.2, 0) is 0 Å².